The lowest BCUT2D eigenvalue weighted by molar-refractivity contribution is 0.0693. The van der Waals surface area contributed by atoms with Crippen molar-refractivity contribution in [2.45, 2.75) is 31.7 Å². The maximum Gasteiger partial charge on any atom is 0.340 e. The summed E-state index contributed by atoms with van der Waals surface area (Å²) in [5, 5.41) is 12.1. The molecule has 3 nitrogen and oxygen atoms in total. The van der Waals surface area contributed by atoms with Crippen molar-refractivity contribution in [3.05, 3.63) is 29.6 Å². The van der Waals surface area contributed by atoms with Gasteiger partial charge in [0.1, 0.15) is 11.4 Å². The Morgan fingerprint density at radius 1 is 1.38 bits per heavy atom. The molecule has 86 valence electrons. The van der Waals surface area contributed by atoms with Gasteiger partial charge in [-0.15, -0.1) is 0 Å². The number of carbonyl (C=O) groups is 1. The van der Waals surface area contributed by atoms with Crippen LogP contribution in [0.15, 0.2) is 18.2 Å². The molecule has 0 heterocycles. The highest BCUT2D eigenvalue weighted by Crippen LogP contribution is 2.25. The van der Waals surface area contributed by atoms with Crippen LogP contribution in [-0.2, 0) is 0 Å². The Morgan fingerprint density at radius 3 is 2.69 bits per heavy atom. The van der Waals surface area contributed by atoms with E-state index in [1.165, 1.54) is 12.1 Å². The van der Waals surface area contributed by atoms with E-state index in [1.807, 2.05) is 0 Å². The summed E-state index contributed by atoms with van der Waals surface area (Å²) in [6, 6.07) is 4.59. The molecule has 0 aromatic heterocycles. The zero-order valence-electron chi connectivity index (χ0n) is 8.87. The SMILES string of the molecule is O=C(O)c1c(F)cccc1NC1CCCC1. The Morgan fingerprint density at radius 2 is 2.06 bits per heavy atom. The van der Waals surface area contributed by atoms with E-state index in [-0.39, 0.29) is 11.6 Å². The molecule has 0 unspecified atom stereocenters. The fraction of sp³-hybridized carbons (Fsp3) is 0.417. The highest BCUT2D eigenvalue weighted by molar-refractivity contribution is 5.94. The molecule has 0 bridgehead atoms. The topological polar surface area (TPSA) is 49.3 Å². The molecule has 1 aliphatic rings. The lowest BCUT2D eigenvalue weighted by Crippen LogP contribution is -2.17. The van der Waals surface area contributed by atoms with Crippen molar-refractivity contribution < 1.29 is 14.3 Å². The molecule has 0 atom stereocenters. The van der Waals surface area contributed by atoms with Gasteiger partial charge < -0.3 is 10.4 Å². The van der Waals surface area contributed by atoms with E-state index in [0.717, 1.165) is 25.7 Å². The van der Waals surface area contributed by atoms with E-state index in [2.05, 4.69) is 5.32 Å². The smallest absolute Gasteiger partial charge is 0.340 e. The van der Waals surface area contributed by atoms with Gasteiger partial charge in [-0.2, -0.15) is 0 Å². The third-order valence-electron chi connectivity index (χ3n) is 2.94. The van der Waals surface area contributed by atoms with Gasteiger partial charge in [-0.3, -0.25) is 0 Å². The molecule has 0 aliphatic heterocycles. The van der Waals surface area contributed by atoms with Crippen molar-refractivity contribution in [1.29, 1.82) is 0 Å². The van der Waals surface area contributed by atoms with Gasteiger partial charge in [0.25, 0.3) is 0 Å². The summed E-state index contributed by atoms with van der Waals surface area (Å²) in [5.41, 5.74) is 0.133. The van der Waals surface area contributed by atoms with Gasteiger partial charge in [0.05, 0.1) is 5.69 Å². The van der Waals surface area contributed by atoms with Crippen LogP contribution >= 0.6 is 0 Å². The van der Waals surface area contributed by atoms with Gasteiger partial charge in [-0.25, -0.2) is 9.18 Å². The van der Waals surface area contributed by atoms with Crippen molar-refractivity contribution in [3.63, 3.8) is 0 Å². The maximum atomic E-state index is 13.4. The minimum Gasteiger partial charge on any atom is -0.478 e. The van der Waals surface area contributed by atoms with Crippen LogP contribution in [0.2, 0.25) is 0 Å². The van der Waals surface area contributed by atoms with Crippen molar-refractivity contribution in [2.75, 3.05) is 5.32 Å². The lowest BCUT2D eigenvalue weighted by Gasteiger charge is -2.15. The van der Waals surface area contributed by atoms with Crippen molar-refractivity contribution in [1.82, 2.24) is 0 Å². The molecule has 1 aromatic carbocycles. The molecule has 0 amide bonds. The van der Waals surface area contributed by atoms with Gasteiger partial charge in [-0.1, -0.05) is 18.9 Å². The molecular formula is C12H14FNO2. The molecule has 4 heteroatoms. The fourth-order valence-electron chi connectivity index (χ4n) is 2.15. The first kappa shape index (κ1) is 10.9. The Hall–Kier alpha value is -1.58. The summed E-state index contributed by atoms with van der Waals surface area (Å²) in [5.74, 6) is -1.91. The van der Waals surface area contributed by atoms with Gasteiger partial charge in [0.2, 0.25) is 0 Å². The second kappa shape index (κ2) is 4.51. The zero-order valence-corrected chi connectivity index (χ0v) is 8.87. The largest absolute Gasteiger partial charge is 0.478 e. The first-order valence-electron chi connectivity index (χ1n) is 5.47. The third-order valence-corrected chi connectivity index (χ3v) is 2.94. The number of halogens is 1. The van der Waals surface area contributed by atoms with Crippen LogP contribution in [0.3, 0.4) is 0 Å². The summed E-state index contributed by atoms with van der Waals surface area (Å²) >= 11 is 0. The first-order chi connectivity index (χ1) is 7.68. The summed E-state index contributed by atoms with van der Waals surface area (Å²) in [7, 11) is 0. The Balaban J connectivity index is 2.25. The monoisotopic (exact) mass is 223 g/mol. The van der Waals surface area contributed by atoms with Crippen LogP contribution in [0.4, 0.5) is 10.1 Å². The number of carboxylic acid groups (broad SMARTS) is 1. The predicted molar refractivity (Wildman–Crippen MR) is 59.2 cm³/mol. The number of nitrogens with one attached hydrogen (secondary N) is 1. The van der Waals surface area contributed by atoms with Gasteiger partial charge >= 0.3 is 5.97 Å². The van der Waals surface area contributed by atoms with Crippen molar-refractivity contribution in [2.24, 2.45) is 0 Å². The summed E-state index contributed by atoms with van der Waals surface area (Å²) in [4.78, 5) is 10.9. The van der Waals surface area contributed by atoms with E-state index in [1.54, 1.807) is 6.07 Å². The molecule has 16 heavy (non-hydrogen) atoms. The van der Waals surface area contributed by atoms with Crippen LogP contribution in [-0.4, -0.2) is 17.1 Å². The second-order valence-electron chi connectivity index (χ2n) is 4.09. The molecule has 2 rings (SSSR count). The molecule has 0 radical (unpaired) electrons. The van der Waals surface area contributed by atoms with Gasteiger partial charge in [-0.05, 0) is 25.0 Å². The van der Waals surface area contributed by atoms with Crippen LogP contribution in [0.5, 0.6) is 0 Å². The lowest BCUT2D eigenvalue weighted by atomic mass is 10.1. The molecule has 2 N–H and O–H groups in total. The predicted octanol–water partition coefficient (Wildman–Crippen LogP) is 2.88. The van der Waals surface area contributed by atoms with Crippen LogP contribution in [0.25, 0.3) is 0 Å². The quantitative estimate of drug-likeness (QED) is 0.828. The Kier molecular flexibility index (Phi) is 3.08. The van der Waals surface area contributed by atoms with E-state index in [4.69, 9.17) is 5.11 Å². The molecule has 0 spiro atoms. The molecule has 1 saturated carbocycles. The Bertz CT molecular complexity index is 400. The number of anilines is 1. The summed E-state index contributed by atoms with van der Waals surface area (Å²) < 4.78 is 13.4. The number of carboxylic acids is 1. The van der Waals surface area contributed by atoms with Crippen LogP contribution in [0, 0.1) is 5.82 Å². The van der Waals surface area contributed by atoms with Gasteiger partial charge in [0, 0.05) is 6.04 Å². The number of hydrogen-bond donors (Lipinski definition) is 2. The maximum absolute atomic E-state index is 13.4. The zero-order chi connectivity index (χ0) is 11.5. The van der Waals surface area contributed by atoms with Crippen molar-refractivity contribution >= 4 is 11.7 Å². The van der Waals surface area contributed by atoms with E-state index >= 15 is 0 Å². The average molecular weight is 223 g/mol. The minimum absolute atomic E-state index is 0.255. The third kappa shape index (κ3) is 2.15. The van der Waals surface area contributed by atoms with Gasteiger partial charge in [0.15, 0.2) is 0 Å². The van der Waals surface area contributed by atoms with Crippen LogP contribution < -0.4 is 5.32 Å². The number of hydrogen-bond acceptors (Lipinski definition) is 2. The minimum atomic E-state index is -1.22. The standard InChI is InChI=1S/C12H14FNO2/c13-9-6-3-7-10(11(9)12(15)16)14-8-4-1-2-5-8/h3,6-8,14H,1-2,4-5H2,(H,15,16). The number of benzene rings is 1. The molecule has 1 aromatic rings. The number of aromatic carboxylic acids is 1. The molecule has 1 fully saturated rings. The first-order valence-corrected chi connectivity index (χ1v) is 5.47. The highest BCUT2D eigenvalue weighted by atomic mass is 19.1. The molecular weight excluding hydrogens is 209 g/mol. The van der Waals surface area contributed by atoms with Crippen molar-refractivity contribution in [3.8, 4) is 0 Å². The number of rotatable bonds is 3. The van der Waals surface area contributed by atoms with Crippen LogP contribution in [0.1, 0.15) is 36.0 Å². The molecule has 0 saturated heterocycles. The molecule has 1 aliphatic carbocycles. The highest BCUT2D eigenvalue weighted by Gasteiger charge is 2.20. The average Bonchev–Trinajstić information content (AvgIpc) is 2.70. The summed E-state index contributed by atoms with van der Waals surface area (Å²) in [6.45, 7) is 0. The fourth-order valence-corrected chi connectivity index (χ4v) is 2.15. The summed E-state index contributed by atoms with van der Waals surface area (Å²) in [6.07, 6.45) is 4.34. The van der Waals surface area contributed by atoms with E-state index in [9.17, 15) is 9.18 Å². The Labute approximate surface area is 93.3 Å². The second-order valence-corrected chi connectivity index (χ2v) is 4.09. The van der Waals surface area contributed by atoms with E-state index in [0.29, 0.717) is 5.69 Å². The normalized spacial score (nSPS) is 16.3. The van der Waals surface area contributed by atoms with E-state index < -0.39 is 11.8 Å².